The quantitative estimate of drug-likeness (QED) is 0.626. The molecule has 3 heterocycles. The van der Waals surface area contributed by atoms with Gasteiger partial charge in [0.25, 0.3) is 5.91 Å². The maximum atomic E-state index is 12.9. The lowest BCUT2D eigenvalue weighted by atomic mass is 10.1. The molecule has 7 nitrogen and oxygen atoms in total. The van der Waals surface area contributed by atoms with E-state index in [2.05, 4.69) is 25.9 Å². The lowest BCUT2D eigenvalue weighted by Gasteiger charge is -2.31. The Morgan fingerprint density at radius 2 is 2.15 bits per heavy atom. The second-order valence-electron chi connectivity index (χ2n) is 6.31. The molecule has 140 valence electrons. The Morgan fingerprint density at radius 1 is 1.33 bits per heavy atom. The van der Waals surface area contributed by atoms with Crippen LogP contribution < -0.4 is 9.47 Å². The van der Waals surface area contributed by atoms with Gasteiger partial charge in [-0.1, -0.05) is 12.1 Å². The van der Waals surface area contributed by atoms with Crippen LogP contribution in [0.4, 0.5) is 0 Å². The number of amides is 1. The molecule has 0 N–H and O–H groups in total. The maximum Gasteiger partial charge on any atom is 0.316 e. The minimum absolute atomic E-state index is 0.150. The highest BCUT2D eigenvalue weighted by Crippen LogP contribution is 2.29. The van der Waals surface area contributed by atoms with Gasteiger partial charge in [-0.3, -0.25) is 4.79 Å². The molecule has 3 aromatic rings. The van der Waals surface area contributed by atoms with E-state index >= 15 is 0 Å². The van der Waals surface area contributed by atoms with Crippen molar-refractivity contribution < 1.29 is 18.7 Å². The number of hydrogen-bond acceptors (Lipinski definition) is 6. The molecule has 1 unspecified atom stereocenters. The van der Waals surface area contributed by atoms with Gasteiger partial charge < -0.3 is 18.8 Å². The first-order chi connectivity index (χ1) is 13.1. The summed E-state index contributed by atoms with van der Waals surface area (Å²) in [5.74, 6) is 0.757. The van der Waals surface area contributed by atoms with Crippen molar-refractivity contribution in [1.82, 2.24) is 14.9 Å². The van der Waals surface area contributed by atoms with Gasteiger partial charge in [0.05, 0.1) is 18.1 Å². The molecule has 4 rings (SSSR count). The van der Waals surface area contributed by atoms with Crippen LogP contribution in [0.2, 0.25) is 0 Å². The third-order valence-corrected chi connectivity index (χ3v) is 4.88. The molecule has 1 aliphatic heterocycles. The van der Waals surface area contributed by atoms with E-state index in [4.69, 9.17) is 13.9 Å². The Balaban J connectivity index is 1.49. The zero-order valence-corrected chi connectivity index (χ0v) is 16.3. The van der Waals surface area contributed by atoms with Crippen LogP contribution in [0.1, 0.15) is 23.4 Å². The first-order valence-electron chi connectivity index (χ1n) is 8.64. The smallest absolute Gasteiger partial charge is 0.316 e. The van der Waals surface area contributed by atoms with Gasteiger partial charge in [0.1, 0.15) is 6.10 Å². The maximum absolute atomic E-state index is 12.9. The van der Waals surface area contributed by atoms with E-state index in [0.717, 1.165) is 22.7 Å². The average Bonchev–Trinajstić information content (AvgIpc) is 3.14. The number of piperidine rings is 1. The van der Waals surface area contributed by atoms with Crippen LogP contribution in [0.5, 0.6) is 11.8 Å². The first-order valence-corrected chi connectivity index (χ1v) is 9.43. The molecule has 1 saturated heterocycles. The molecule has 8 heteroatoms. The Labute approximate surface area is 164 Å². The third-order valence-electron chi connectivity index (χ3n) is 4.47. The standard InChI is InChI=1S/C19H18BrN3O4/c1-25-15-6-2-4-12-8-16(27-17(12)15)18(24)23-7-3-5-14(11-23)26-19-21-9-13(20)10-22-19/h2,4,6,8-10,14H,3,5,7,11H2,1H3. The summed E-state index contributed by atoms with van der Waals surface area (Å²) in [6, 6.07) is 7.64. The van der Waals surface area contributed by atoms with E-state index in [1.54, 1.807) is 30.5 Å². The predicted octanol–water partition coefficient (Wildman–Crippen LogP) is 3.68. The van der Waals surface area contributed by atoms with Crippen molar-refractivity contribution in [2.24, 2.45) is 0 Å². The van der Waals surface area contributed by atoms with Crippen LogP contribution in [0.3, 0.4) is 0 Å². The number of rotatable bonds is 4. The number of likely N-dealkylation sites (tertiary alicyclic amines) is 1. The largest absolute Gasteiger partial charge is 0.493 e. The van der Waals surface area contributed by atoms with Crippen LogP contribution >= 0.6 is 15.9 Å². The highest BCUT2D eigenvalue weighted by Gasteiger charge is 2.28. The summed E-state index contributed by atoms with van der Waals surface area (Å²) in [4.78, 5) is 22.9. The first kappa shape index (κ1) is 17.8. The van der Waals surface area contributed by atoms with Gasteiger partial charge in [-0.05, 0) is 40.9 Å². The zero-order chi connectivity index (χ0) is 18.8. The number of benzene rings is 1. The van der Waals surface area contributed by atoms with Gasteiger partial charge in [-0.15, -0.1) is 0 Å². The minimum atomic E-state index is -0.154. The van der Waals surface area contributed by atoms with Gasteiger partial charge in [0.2, 0.25) is 0 Å². The normalized spacial score (nSPS) is 17.1. The number of carbonyl (C=O) groups excluding carboxylic acids is 1. The SMILES string of the molecule is COc1cccc2cc(C(=O)N3CCCC(Oc4ncc(Br)cn4)C3)oc12. The Kier molecular flexibility index (Phi) is 4.98. The molecule has 0 aliphatic carbocycles. The summed E-state index contributed by atoms with van der Waals surface area (Å²) >= 11 is 3.30. The van der Waals surface area contributed by atoms with E-state index in [-0.39, 0.29) is 12.0 Å². The van der Waals surface area contributed by atoms with Crippen LogP contribution in [-0.2, 0) is 0 Å². The summed E-state index contributed by atoms with van der Waals surface area (Å²) in [6.07, 6.45) is 4.81. The fourth-order valence-electron chi connectivity index (χ4n) is 3.19. The van der Waals surface area contributed by atoms with E-state index < -0.39 is 0 Å². The van der Waals surface area contributed by atoms with Crippen molar-refractivity contribution >= 4 is 32.8 Å². The zero-order valence-electron chi connectivity index (χ0n) is 14.7. The summed E-state index contributed by atoms with van der Waals surface area (Å²) in [6.45, 7) is 1.13. The number of nitrogens with zero attached hydrogens (tertiary/aromatic N) is 3. The van der Waals surface area contributed by atoms with Crippen molar-refractivity contribution in [1.29, 1.82) is 0 Å². The van der Waals surface area contributed by atoms with Crippen LogP contribution in [-0.4, -0.2) is 47.1 Å². The number of para-hydroxylation sites is 1. The molecule has 2 aromatic heterocycles. The third kappa shape index (κ3) is 3.75. The lowest BCUT2D eigenvalue weighted by molar-refractivity contribution is 0.0491. The molecule has 1 amide bonds. The summed E-state index contributed by atoms with van der Waals surface area (Å²) < 4.78 is 17.7. The fourth-order valence-corrected chi connectivity index (χ4v) is 3.39. The van der Waals surface area contributed by atoms with E-state index in [0.29, 0.717) is 36.2 Å². The van der Waals surface area contributed by atoms with Gasteiger partial charge in [0.15, 0.2) is 17.1 Å². The fraction of sp³-hybridized carbons (Fsp3) is 0.316. The van der Waals surface area contributed by atoms with Crippen LogP contribution in [0.25, 0.3) is 11.0 Å². The molecule has 1 atom stereocenters. The van der Waals surface area contributed by atoms with Crippen molar-refractivity contribution in [2.45, 2.75) is 18.9 Å². The number of ether oxygens (including phenoxy) is 2. The monoisotopic (exact) mass is 431 g/mol. The molecule has 0 bridgehead atoms. The number of furan rings is 1. The predicted molar refractivity (Wildman–Crippen MR) is 102 cm³/mol. The van der Waals surface area contributed by atoms with Crippen LogP contribution in [0, 0.1) is 0 Å². The van der Waals surface area contributed by atoms with Crippen molar-refractivity contribution in [3.63, 3.8) is 0 Å². The molecular weight excluding hydrogens is 414 g/mol. The van der Waals surface area contributed by atoms with Gasteiger partial charge in [0, 0.05) is 24.3 Å². The average molecular weight is 432 g/mol. The van der Waals surface area contributed by atoms with Gasteiger partial charge >= 0.3 is 6.01 Å². The molecule has 1 aliphatic rings. The van der Waals surface area contributed by atoms with Gasteiger partial charge in [-0.2, -0.15) is 0 Å². The van der Waals surface area contributed by atoms with Crippen molar-refractivity contribution in [3.05, 3.63) is 46.9 Å². The van der Waals surface area contributed by atoms with E-state index in [1.165, 1.54) is 0 Å². The van der Waals surface area contributed by atoms with Crippen LogP contribution in [0.15, 0.2) is 45.5 Å². The summed E-state index contributed by atoms with van der Waals surface area (Å²) in [5, 5.41) is 0.839. The Hall–Kier alpha value is -2.61. The topological polar surface area (TPSA) is 77.7 Å². The van der Waals surface area contributed by atoms with E-state index in [1.807, 2.05) is 18.2 Å². The molecule has 0 saturated carbocycles. The Morgan fingerprint density at radius 3 is 2.93 bits per heavy atom. The highest BCUT2D eigenvalue weighted by molar-refractivity contribution is 9.10. The number of methoxy groups -OCH3 is 1. The van der Waals surface area contributed by atoms with Crippen molar-refractivity contribution in [3.8, 4) is 11.8 Å². The number of carbonyl (C=O) groups is 1. The number of halogens is 1. The highest BCUT2D eigenvalue weighted by atomic mass is 79.9. The molecule has 1 aromatic carbocycles. The molecule has 0 radical (unpaired) electrons. The van der Waals surface area contributed by atoms with Crippen molar-refractivity contribution in [2.75, 3.05) is 20.2 Å². The molecule has 1 fully saturated rings. The number of fused-ring (bicyclic) bond motifs is 1. The van der Waals surface area contributed by atoms with E-state index in [9.17, 15) is 4.79 Å². The molecule has 0 spiro atoms. The summed E-state index contributed by atoms with van der Waals surface area (Å²) in [7, 11) is 1.58. The molecule has 27 heavy (non-hydrogen) atoms. The Bertz CT molecular complexity index is 957. The molecular formula is C19H18BrN3O4. The number of aromatic nitrogens is 2. The minimum Gasteiger partial charge on any atom is -0.493 e. The second kappa shape index (κ2) is 7.56. The van der Waals surface area contributed by atoms with Gasteiger partial charge in [-0.25, -0.2) is 9.97 Å². The lowest BCUT2D eigenvalue weighted by Crippen LogP contribution is -2.44. The summed E-state index contributed by atoms with van der Waals surface area (Å²) in [5.41, 5.74) is 0.580. The number of hydrogen-bond donors (Lipinski definition) is 0. The second-order valence-corrected chi connectivity index (χ2v) is 7.22.